The molecule has 16 heavy (non-hydrogen) atoms. The van der Waals surface area contributed by atoms with Crippen LogP contribution in [0.15, 0.2) is 0 Å². The molecule has 0 radical (unpaired) electrons. The van der Waals surface area contributed by atoms with Gasteiger partial charge in [0, 0.05) is 6.42 Å². The van der Waals surface area contributed by atoms with Gasteiger partial charge in [-0.25, -0.2) is 0 Å². The molecular formula is C7H18NO6P2+. The van der Waals surface area contributed by atoms with E-state index in [2.05, 4.69) is 0 Å². The molecule has 7 nitrogen and oxygen atoms in total. The average molecular weight is 274 g/mol. The molecule has 0 atom stereocenters. The Bertz CT molecular complexity index is 347. The Balaban J connectivity index is 3.46. The average Bonchev–Trinajstić information content (AvgIpc) is 1.97. The molecule has 9 heteroatoms. The third-order valence-corrected chi connectivity index (χ3v) is 8.34. The second kappa shape index (κ2) is 3.89. The topological polar surface area (TPSA) is 115 Å². The minimum absolute atomic E-state index is 0.158. The first-order valence-electron chi connectivity index (χ1n) is 4.90. The molecule has 0 bridgehead atoms. The predicted octanol–water partition coefficient (Wildman–Crippen LogP) is 0.256. The monoisotopic (exact) mass is 274 g/mol. The van der Waals surface area contributed by atoms with Gasteiger partial charge in [0.1, 0.15) is 0 Å². The Morgan fingerprint density at radius 1 is 1.00 bits per heavy atom. The molecule has 1 rings (SSSR count). The lowest BCUT2D eigenvalue weighted by Gasteiger charge is -2.50. The van der Waals surface area contributed by atoms with Gasteiger partial charge in [0.25, 0.3) is 5.02 Å². The highest BCUT2D eigenvalue weighted by Gasteiger charge is 2.71. The summed E-state index contributed by atoms with van der Waals surface area (Å²) in [4.78, 5) is 37.5. The van der Waals surface area contributed by atoms with E-state index in [0.717, 1.165) is 0 Å². The molecule has 0 amide bonds. The summed E-state index contributed by atoms with van der Waals surface area (Å²) in [6.45, 7) is 0.343. The number of piperidine rings is 1. The molecule has 0 aromatic carbocycles. The molecular weight excluding hydrogens is 256 g/mol. The zero-order valence-electron chi connectivity index (χ0n) is 9.28. The molecule has 0 unspecified atom stereocenters. The Hall–Kier alpha value is 0.260. The zero-order valence-corrected chi connectivity index (χ0v) is 11.1. The quantitative estimate of drug-likeness (QED) is 0.424. The van der Waals surface area contributed by atoms with Gasteiger partial charge in [-0.1, -0.05) is 0 Å². The van der Waals surface area contributed by atoms with Crippen LogP contribution in [-0.2, 0) is 9.13 Å². The van der Waals surface area contributed by atoms with Crippen molar-refractivity contribution < 1.29 is 33.2 Å². The SMILES string of the molecule is C[N+]1(C)CCCCC1(P(=O)(O)O)P(=O)(O)O. The molecule has 96 valence electrons. The van der Waals surface area contributed by atoms with Crippen LogP contribution in [0.3, 0.4) is 0 Å². The fourth-order valence-electron chi connectivity index (χ4n) is 2.52. The number of nitrogens with zero attached hydrogens (tertiary/aromatic N) is 1. The third-order valence-electron chi connectivity index (χ3n) is 3.38. The van der Waals surface area contributed by atoms with E-state index in [4.69, 9.17) is 0 Å². The number of rotatable bonds is 2. The molecule has 1 aliphatic rings. The Morgan fingerprint density at radius 2 is 1.44 bits per heavy atom. The van der Waals surface area contributed by atoms with E-state index in [-0.39, 0.29) is 10.9 Å². The van der Waals surface area contributed by atoms with Crippen molar-refractivity contribution >= 4 is 15.2 Å². The van der Waals surface area contributed by atoms with E-state index in [9.17, 15) is 28.7 Å². The van der Waals surface area contributed by atoms with Crippen molar-refractivity contribution in [3.63, 3.8) is 0 Å². The summed E-state index contributed by atoms with van der Waals surface area (Å²) in [6, 6.07) is 0. The summed E-state index contributed by atoms with van der Waals surface area (Å²) in [5.74, 6) is 0. The van der Waals surface area contributed by atoms with Gasteiger partial charge >= 0.3 is 15.2 Å². The van der Waals surface area contributed by atoms with Crippen molar-refractivity contribution in [3.05, 3.63) is 0 Å². The summed E-state index contributed by atoms with van der Waals surface area (Å²) in [7, 11) is -6.90. The molecule has 4 N–H and O–H groups in total. The van der Waals surface area contributed by atoms with E-state index in [1.165, 1.54) is 14.1 Å². The first-order chi connectivity index (χ1) is 6.96. The van der Waals surface area contributed by atoms with E-state index >= 15 is 0 Å². The van der Waals surface area contributed by atoms with Crippen LogP contribution in [0.4, 0.5) is 0 Å². The van der Waals surface area contributed by atoms with Gasteiger partial charge in [0.15, 0.2) is 0 Å². The maximum Gasteiger partial charge on any atom is 0.398 e. The minimum Gasteiger partial charge on any atom is -0.320 e. The third kappa shape index (κ3) is 1.91. The fraction of sp³-hybridized carbons (Fsp3) is 1.00. The number of likely N-dealkylation sites (tertiary alicyclic amines) is 1. The van der Waals surface area contributed by atoms with E-state index in [1.807, 2.05) is 0 Å². The highest BCUT2D eigenvalue weighted by Crippen LogP contribution is 2.74. The number of hydrogen-bond donors (Lipinski definition) is 4. The van der Waals surface area contributed by atoms with E-state index < -0.39 is 20.2 Å². The van der Waals surface area contributed by atoms with Crippen LogP contribution < -0.4 is 0 Å². The standard InChI is InChI=1S/C7H17NO6P2/c1-8(2)6-4-3-5-7(8,15(9,10)11)16(12,13)14/h3-6H2,1-2H3,(H3-,9,10,11,12,13,14)/p+1. The molecule has 0 aromatic heterocycles. The molecule has 0 aliphatic carbocycles. The van der Waals surface area contributed by atoms with Crippen LogP contribution in [0.1, 0.15) is 19.3 Å². The minimum atomic E-state index is -4.91. The van der Waals surface area contributed by atoms with Gasteiger partial charge in [-0.05, 0) is 12.8 Å². The molecule has 0 spiro atoms. The smallest absolute Gasteiger partial charge is 0.320 e. The largest absolute Gasteiger partial charge is 0.398 e. The fourth-order valence-corrected chi connectivity index (χ4v) is 6.38. The van der Waals surface area contributed by atoms with Gasteiger partial charge in [0.2, 0.25) is 0 Å². The van der Waals surface area contributed by atoms with Crippen LogP contribution in [0.2, 0.25) is 0 Å². The highest BCUT2D eigenvalue weighted by molar-refractivity contribution is 7.72. The van der Waals surface area contributed by atoms with Gasteiger partial charge < -0.3 is 24.1 Å². The van der Waals surface area contributed by atoms with Gasteiger partial charge in [0.05, 0.1) is 20.6 Å². The lowest BCUT2D eigenvalue weighted by atomic mass is 10.1. The molecule has 1 heterocycles. The van der Waals surface area contributed by atoms with Crippen LogP contribution in [0.25, 0.3) is 0 Å². The molecule has 1 saturated heterocycles. The maximum absolute atomic E-state index is 11.6. The lowest BCUT2D eigenvalue weighted by Crippen LogP contribution is -2.61. The Kier molecular flexibility index (Phi) is 3.48. The van der Waals surface area contributed by atoms with Crippen LogP contribution in [-0.4, -0.2) is 49.7 Å². The van der Waals surface area contributed by atoms with Crippen molar-refractivity contribution in [2.45, 2.75) is 24.3 Å². The normalized spacial score (nSPS) is 25.4. The molecule has 1 fully saturated rings. The van der Waals surface area contributed by atoms with Crippen LogP contribution in [0.5, 0.6) is 0 Å². The van der Waals surface area contributed by atoms with Crippen molar-refractivity contribution in [3.8, 4) is 0 Å². The van der Waals surface area contributed by atoms with E-state index in [1.54, 1.807) is 0 Å². The Morgan fingerprint density at radius 3 is 1.69 bits per heavy atom. The second-order valence-electron chi connectivity index (χ2n) is 4.73. The summed E-state index contributed by atoms with van der Waals surface area (Å²) < 4.78 is 22.8. The highest BCUT2D eigenvalue weighted by atomic mass is 31.2. The molecule has 0 saturated carbocycles. The van der Waals surface area contributed by atoms with Crippen molar-refractivity contribution in [1.82, 2.24) is 0 Å². The van der Waals surface area contributed by atoms with Gasteiger partial charge in [-0.3, -0.25) is 9.13 Å². The van der Waals surface area contributed by atoms with Crippen molar-refractivity contribution in [2.24, 2.45) is 0 Å². The van der Waals surface area contributed by atoms with Gasteiger partial charge in [-0.2, -0.15) is 0 Å². The van der Waals surface area contributed by atoms with Gasteiger partial charge in [-0.15, -0.1) is 0 Å². The summed E-state index contributed by atoms with van der Waals surface area (Å²) in [5, 5.41) is -2.28. The number of quaternary nitrogens is 1. The summed E-state index contributed by atoms with van der Waals surface area (Å²) >= 11 is 0. The molecule has 1 aliphatic heterocycles. The maximum atomic E-state index is 11.6. The van der Waals surface area contributed by atoms with Crippen molar-refractivity contribution in [2.75, 3.05) is 20.6 Å². The van der Waals surface area contributed by atoms with Crippen LogP contribution >= 0.6 is 15.2 Å². The summed E-state index contributed by atoms with van der Waals surface area (Å²) in [5.41, 5.74) is 0. The number of hydrogen-bond acceptors (Lipinski definition) is 2. The van der Waals surface area contributed by atoms with Crippen LogP contribution in [0, 0.1) is 0 Å². The zero-order chi connectivity index (χ0) is 12.8. The first-order valence-corrected chi connectivity index (χ1v) is 8.12. The predicted molar refractivity (Wildman–Crippen MR) is 57.6 cm³/mol. The second-order valence-corrected chi connectivity index (χ2v) is 8.74. The first kappa shape index (κ1) is 14.3. The molecule has 0 aromatic rings. The lowest BCUT2D eigenvalue weighted by molar-refractivity contribution is -0.919. The summed E-state index contributed by atoms with van der Waals surface area (Å²) in [6.07, 6.45) is 0.960. The Labute approximate surface area is 94.0 Å². The van der Waals surface area contributed by atoms with Crippen molar-refractivity contribution in [1.29, 1.82) is 0 Å². The van der Waals surface area contributed by atoms with E-state index in [0.29, 0.717) is 19.4 Å².